The van der Waals surface area contributed by atoms with Gasteiger partial charge in [-0.25, -0.2) is 4.79 Å². The summed E-state index contributed by atoms with van der Waals surface area (Å²) < 4.78 is 15.2. The molecule has 2 saturated heterocycles. The molecule has 14 nitrogen and oxygen atoms in total. The summed E-state index contributed by atoms with van der Waals surface area (Å²) >= 11 is 0. The first-order valence-corrected chi connectivity index (χ1v) is 8.71. The van der Waals surface area contributed by atoms with Gasteiger partial charge in [0.15, 0.2) is 6.29 Å². The maximum Gasteiger partial charge on any atom is 0.364 e. The van der Waals surface area contributed by atoms with Crippen molar-refractivity contribution in [2.45, 2.75) is 73.4 Å². The Morgan fingerprint density at radius 1 is 1.03 bits per heavy atom. The van der Waals surface area contributed by atoms with Gasteiger partial charge >= 0.3 is 5.97 Å². The van der Waals surface area contributed by atoms with E-state index in [0.29, 0.717) is 0 Å². The van der Waals surface area contributed by atoms with Gasteiger partial charge in [-0.1, -0.05) is 0 Å². The number of aliphatic hydroxyl groups is 9. The van der Waals surface area contributed by atoms with Crippen LogP contribution in [-0.2, 0) is 19.0 Å². The van der Waals surface area contributed by atoms with E-state index in [-0.39, 0.29) is 0 Å². The minimum Gasteiger partial charge on any atom is -0.477 e. The fourth-order valence-corrected chi connectivity index (χ4v) is 3.13. The third-order valence-electron chi connectivity index (χ3n) is 4.95. The fraction of sp³-hybridized carbons (Fsp3) is 0.933. The molecule has 0 saturated carbocycles. The first-order chi connectivity index (χ1) is 13.4. The predicted molar refractivity (Wildman–Crippen MR) is 85.8 cm³/mol. The lowest BCUT2D eigenvalue weighted by atomic mass is 9.90. The molecule has 170 valence electrons. The quantitative estimate of drug-likeness (QED) is 0.180. The van der Waals surface area contributed by atoms with Crippen molar-refractivity contribution < 1.29 is 70.1 Å². The lowest BCUT2D eigenvalue weighted by Crippen LogP contribution is -2.65. The standard InChI is InChI=1S/C15H26O14/c16-2-5(18)8(20)12-7(19)4(17)1-15(29-12,14(25)26)27-3-6-9(21)10(22)11(23)13(24)28-6/h4-13,16-24H,1-3H2,(H,25,26)/t4-,5-,6?,7-,8-,9+,10?,11?,12?,13-,15-/m1/s1. The summed E-state index contributed by atoms with van der Waals surface area (Å²) in [6.45, 7) is -1.77. The second kappa shape index (κ2) is 9.42. The number of aliphatic carboxylic acids is 1. The molecule has 2 aliphatic rings. The normalized spacial score (nSPS) is 45.6. The Morgan fingerprint density at radius 3 is 2.21 bits per heavy atom. The molecule has 4 unspecified atom stereocenters. The predicted octanol–water partition coefficient (Wildman–Crippen LogP) is -6.19. The average Bonchev–Trinajstić information content (AvgIpc) is 2.69. The molecule has 14 heteroatoms. The summed E-state index contributed by atoms with van der Waals surface area (Å²) in [5.41, 5.74) is 0. The molecule has 0 amide bonds. The van der Waals surface area contributed by atoms with Crippen molar-refractivity contribution in [1.29, 1.82) is 0 Å². The monoisotopic (exact) mass is 430 g/mol. The largest absolute Gasteiger partial charge is 0.477 e. The maximum absolute atomic E-state index is 11.8. The number of carboxylic acids is 1. The first kappa shape index (κ1) is 24.3. The summed E-state index contributed by atoms with van der Waals surface area (Å²) in [5.74, 6) is -4.49. The highest BCUT2D eigenvalue weighted by Crippen LogP contribution is 2.34. The van der Waals surface area contributed by atoms with Gasteiger partial charge in [0, 0.05) is 6.42 Å². The summed E-state index contributed by atoms with van der Waals surface area (Å²) in [7, 11) is 0. The minimum atomic E-state index is -2.69. The summed E-state index contributed by atoms with van der Waals surface area (Å²) in [6.07, 6.45) is -19.0. The number of aliphatic hydroxyl groups excluding tert-OH is 9. The molecule has 0 radical (unpaired) electrons. The van der Waals surface area contributed by atoms with Gasteiger partial charge in [-0.3, -0.25) is 0 Å². The van der Waals surface area contributed by atoms with Gasteiger partial charge in [-0.05, 0) is 0 Å². The fourth-order valence-electron chi connectivity index (χ4n) is 3.13. The highest BCUT2D eigenvalue weighted by Gasteiger charge is 2.56. The molecule has 10 N–H and O–H groups in total. The topological polar surface area (TPSA) is 247 Å². The average molecular weight is 430 g/mol. The van der Waals surface area contributed by atoms with E-state index in [1.165, 1.54) is 0 Å². The van der Waals surface area contributed by atoms with E-state index < -0.39 is 92.6 Å². The van der Waals surface area contributed by atoms with E-state index >= 15 is 0 Å². The van der Waals surface area contributed by atoms with E-state index in [1.807, 2.05) is 0 Å². The lowest BCUT2D eigenvalue weighted by molar-refractivity contribution is -0.344. The van der Waals surface area contributed by atoms with Gasteiger partial charge in [0.25, 0.3) is 5.79 Å². The molecule has 2 heterocycles. The smallest absolute Gasteiger partial charge is 0.364 e. The zero-order valence-corrected chi connectivity index (χ0v) is 15.0. The van der Waals surface area contributed by atoms with Crippen molar-refractivity contribution in [2.75, 3.05) is 13.2 Å². The Kier molecular flexibility index (Phi) is 7.88. The summed E-state index contributed by atoms with van der Waals surface area (Å²) in [6, 6.07) is 0. The SMILES string of the molecule is O=C(O)[C@@]1(OCC2O[C@@H](O)C(O)C(O)[C@H]2O)C[C@@H](O)[C@@H](O)C([C@H](O)[C@H](O)CO)O1. The Bertz CT molecular complexity index is 561. The molecular formula is C15H26O14. The van der Waals surface area contributed by atoms with Gasteiger partial charge < -0.3 is 65.3 Å². The van der Waals surface area contributed by atoms with E-state index in [9.17, 15) is 50.8 Å². The van der Waals surface area contributed by atoms with Crippen LogP contribution in [-0.4, -0.2) is 137 Å². The third-order valence-corrected chi connectivity index (χ3v) is 4.95. The van der Waals surface area contributed by atoms with E-state index in [2.05, 4.69) is 0 Å². The summed E-state index contributed by atoms with van der Waals surface area (Å²) in [4.78, 5) is 11.8. The van der Waals surface area contributed by atoms with Gasteiger partial charge in [0.2, 0.25) is 0 Å². The number of carbonyl (C=O) groups is 1. The van der Waals surface area contributed by atoms with Crippen molar-refractivity contribution in [3.05, 3.63) is 0 Å². The van der Waals surface area contributed by atoms with Crippen LogP contribution in [0.4, 0.5) is 0 Å². The third kappa shape index (κ3) is 4.84. The molecule has 29 heavy (non-hydrogen) atoms. The van der Waals surface area contributed by atoms with Crippen LogP contribution >= 0.6 is 0 Å². The highest BCUT2D eigenvalue weighted by molar-refractivity contribution is 5.76. The second-order valence-corrected chi connectivity index (χ2v) is 6.99. The zero-order chi connectivity index (χ0) is 22.1. The molecule has 0 bridgehead atoms. The van der Waals surface area contributed by atoms with E-state index in [1.54, 1.807) is 0 Å². The van der Waals surface area contributed by atoms with E-state index in [4.69, 9.17) is 19.3 Å². The van der Waals surface area contributed by atoms with Gasteiger partial charge in [0.05, 0.1) is 19.3 Å². The first-order valence-electron chi connectivity index (χ1n) is 8.71. The van der Waals surface area contributed by atoms with Crippen molar-refractivity contribution >= 4 is 5.97 Å². The Hall–Kier alpha value is -1.01. The maximum atomic E-state index is 11.8. The van der Waals surface area contributed by atoms with Gasteiger partial charge in [-0.2, -0.15) is 0 Å². The van der Waals surface area contributed by atoms with Crippen LogP contribution in [0, 0.1) is 0 Å². The molecule has 0 aromatic carbocycles. The molecule has 2 fully saturated rings. The number of carboxylic acid groups (broad SMARTS) is 1. The van der Waals surface area contributed by atoms with Crippen molar-refractivity contribution in [3.8, 4) is 0 Å². The van der Waals surface area contributed by atoms with Crippen molar-refractivity contribution in [2.24, 2.45) is 0 Å². The van der Waals surface area contributed by atoms with Crippen LogP contribution in [0.2, 0.25) is 0 Å². The number of hydrogen-bond donors (Lipinski definition) is 10. The van der Waals surface area contributed by atoms with Crippen LogP contribution in [0.15, 0.2) is 0 Å². The summed E-state index contributed by atoms with van der Waals surface area (Å²) in [5, 5.41) is 96.6. The molecular weight excluding hydrogens is 404 g/mol. The van der Waals surface area contributed by atoms with Crippen LogP contribution < -0.4 is 0 Å². The van der Waals surface area contributed by atoms with Gasteiger partial charge in [-0.15, -0.1) is 0 Å². The Labute approximate surface area is 163 Å². The van der Waals surface area contributed by atoms with Crippen LogP contribution in [0.5, 0.6) is 0 Å². The molecule has 0 aromatic heterocycles. The van der Waals surface area contributed by atoms with Crippen molar-refractivity contribution in [3.63, 3.8) is 0 Å². The van der Waals surface area contributed by atoms with Crippen LogP contribution in [0.1, 0.15) is 6.42 Å². The van der Waals surface area contributed by atoms with Crippen LogP contribution in [0.3, 0.4) is 0 Å². The Balaban J connectivity index is 2.19. The minimum absolute atomic E-state index is 0.817. The number of hydrogen-bond acceptors (Lipinski definition) is 13. The number of rotatable bonds is 7. The van der Waals surface area contributed by atoms with E-state index in [0.717, 1.165) is 0 Å². The second-order valence-electron chi connectivity index (χ2n) is 6.99. The molecule has 0 aliphatic carbocycles. The lowest BCUT2D eigenvalue weighted by Gasteiger charge is -2.45. The highest BCUT2D eigenvalue weighted by atomic mass is 16.7. The molecule has 0 aromatic rings. The number of ether oxygens (including phenoxy) is 3. The van der Waals surface area contributed by atoms with Crippen LogP contribution in [0.25, 0.3) is 0 Å². The van der Waals surface area contributed by atoms with Crippen molar-refractivity contribution in [1.82, 2.24) is 0 Å². The molecule has 0 spiro atoms. The van der Waals surface area contributed by atoms with Gasteiger partial charge in [0.1, 0.15) is 48.8 Å². The molecule has 2 rings (SSSR count). The zero-order valence-electron chi connectivity index (χ0n) is 15.0. The molecule has 2 aliphatic heterocycles. The molecule has 11 atom stereocenters. The Morgan fingerprint density at radius 2 is 1.66 bits per heavy atom.